The van der Waals surface area contributed by atoms with Crippen LogP contribution in [0.5, 0.6) is 0 Å². The van der Waals surface area contributed by atoms with E-state index in [-0.39, 0.29) is 28.3 Å². The number of amides is 1. The highest BCUT2D eigenvalue weighted by atomic mass is 35.5. The lowest BCUT2D eigenvalue weighted by atomic mass is 10.2. The summed E-state index contributed by atoms with van der Waals surface area (Å²) in [5, 5.41) is 0. The summed E-state index contributed by atoms with van der Waals surface area (Å²) in [4.78, 5) is 14.1. The smallest absolute Gasteiger partial charge is 0.252 e. The number of nitrogens with zero attached hydrogens (tertiary/aromatic N) is 2. The molecule has 2 heterocycles. The maximum absolute atomic E-state index is 12.6. The second-order valence-electron chi connectivity index (χ2n) is 5.96. The van der Waals surface area contributed by atoms with Crippen molar-refractivity contribution in [3.05, 3.63) is 16.5 Å². The molecule has 11 heteroatoms. The summed E-state index contributed by atoms with van der Waals surface area (Å²) in [7, 11) is -5.60. The van der Waals surface area contributed by atoms with Gasteiger partial charge in [-0.15, -0.1) is 11.3 Å². The highest BCUT2D eigenvalue weighted by Gasteiger charge is 2.35. The van der Waals surface area contributed by atoms with E-state index in [4.69, 9.17) is 11.6 Å². The van der Waals surface area contributed by atoms with Gasteiger partial charge >= 0.3 is 0 Å². The van der Waals surface area contributed by atoms with Gasteiger partial charge in [-0.25, -0.2) is 16.8 Å². The molecule has 0 bridgehead atoms. The minimum atomic E-state index is -3.81. The number of carbonyl (C=O) groups excluding carboxylic acids is 1. The SMILES string of the molecule is CCCN(C(=O)CN(C)S(=O)(=O)c1ccc(Cl)s1)C1CCS(=O)(=O)C1. The summed E-state index contributed by atoms with van der Waals surface area (Å²) in [6, 6.07) is 2.50. The predicted octanol–water partition coefficient (Wildman–Crippen LogP) is 1.45. The van der Waals surface area contributed by atoms with E-state index in [0.29, 0.717) is 23.7 Å². The minimum Gasteiger partial charge on any atom is -0.338 e. The van der Waals surface area contributed by atoms with Gasteiger partial charge in [-0.1, -0.05) is 18.5 Å². The molecular weight excluding hydrogens is 408 g/mol. The van der Waals surface area contributed by atoms with Crippen molar-refractivity contribution in [2.75, 3.05) is 31.6 Å². The fraction of sp³-hybridized carbons (Fsp3) is 0.643. The van der Waals surface area contributed by atoms with Crippen molar-refractivity contribution in [1.29, 1.82) is 0 Å². The zero-order valence-corrected chi connectivity index (χ0v) is 17.2. The van der Waals surface area contributed by atoms with Gasteiger partial charge in [-0.2, -0.15) is 4.31 Å². The third-order valence-corrected chi connectivity index (χ3v) is 9.26. The first-order chi connectivity index (χ1) is 11.6. The van der Waals surface area contributed by atoms with Gasteiger partial charge in [0.25, 0.3) is 10.0 Å². The average molecular weight is 429 g/mol. The molecule has 1 aliphatic heterocycles. The van der Waals surface area contributed by atoms with Crippen molar-refractivity contribution in [3.8, 4) is 0 Å². The molecule has 0 radical (unpaired) electrons. The Morgan fingerprint density at radius 3 is 2.56 bits per heavy atom. The normalized spacial score (nSPS) is 20.1. The van der Waals surface area contributed by atoms with E-state index in [1.54, 1.807) is 0 Å². The van der Waals surface area contributed by atoms with Crippen molar-refractivity contribution >= 4 is 48.7 Å². The van der Waals surface area contributed by atoms with Crippen LogP contribution in [-0.4, -0.2) is 69.6 Å². The van der Waals surface area contributed by atoms with Crippen LogP contribution in [0.3, 0.4) is 0 Å². The molecule has 0 aromatic carbocycles. The van der Waals surface area contributed by atoms with Gasteiger partial charge in [0.05, 0.1) is 22.4 Å². The lowest BCUT2D eigenvalue weighted by molar-refractivity contribution is -0.133. The zero-order valence-electron chi connectivity index (χ0n) is 14.0. The molecule has 1 unspecified atom stereocenters. The predicted molar refractivity (Wildman–Crippen MR) is 98.2 cm³/mol. The number of likely N-dealkylation sites (N-methyl/N-ethyl adjacent to an activating group) is 1. The number of hydrogen-bond acceptors (Lipinski definition) is 6. The Labute approximate surface area is 157 Å². The lowest BCUT2D eigenvalue weighted by Crippen LogP contribution is -2.46. The molecule has 1 saturated heterocycles. The third-order valence-electron chi connectivity index (χ3n) is 4.01. The molecule has 0 saturated carbocycles. The van der Waals surface area contributed by atoms with Crippen molar-refractivity contribution in [2.45, 2.75) is 30.0 Å². The molecule has 0 N–H and O–H groups in total. The first-order valence-electron chi connectivity index (χ1n) is 7.78. The van der Waals surface area contributed by atoms with E-state index in [2.05, 4.69) is 0 Å². The first-order valence-corrected chi connectivity index (χ1v) is 12.2. The number of rotatable bonds is 7. The van der Waals surface area contributed by atoms with Crippen LogP contribution in [0.15, 0.2) is 16.3 Å². The topological polar surface area (TPSA) is 91.8 Å². The largest absolute Gasteiger partial charge is 0.338 e. The minimum absolute atomic E-state index is 0.0598. The van der Waals surface area contributed by atoms with Gasteiger partial charge in [0.1, 0.15) is 4.21 Å². The van der Waals surface area contributed by atoms with Gasteiger partial charge in [0, 0.05) is 19.6 Å². The second kappa shape index (κ2) is 7.91. The van der Waals surface area contributed by atoms with Crippen LogP contribution in [0.2, 0.25) is 4.34 Å². The summed E-state index contributed by atoms with van der Waals surface area (Å²) in [6.07, 6.45) is 1.06. The molecule has 142 valence electrons. The highest BCUT2D eigenvalue weighted by Crippen LogP contribution is 2.27. The van der Waals surface area contributed by atoms with E-state index in [1.807, 2.05) is 6.92 Å². The quantitative estimate of drug-likeness (QED) is 0.655. The number of halogens is 1. The van der Waals surface area contributed by atoms with Crippen LogP contribution < -0.4 is 0 Å². The van der Waals surface area contributed by atoms with Gasteiger partial charge in [-0.3, -0.25) is 4.79 Å². The number of sulfonamides is 1. The molecule has 1 fully saturated rings. The monoisotopic (exact) mass is 428 g/mol. The van der Waals surface area contributed by atoms with E-state index in [0.717, 1.165) is 15.6 Å². The first kappa shape index (κ1) is 20.6. The van der Waals surface area contributed by atoms with Gasteiger partial charge in [0.2, 0.25) is 5.91 Å². The summed E-state index contributed by atoms with van der Waals surface area (Å²) < 4.78 is 49.8. The summed E-state index contributed by atoms with van der Waals surface area (Å²) >= 11 is 6.71. The molecule has 1 aromatic heterocycles. The highest BCUT2D eigenvalue weighted by molar-refractivity contribution is 7.91. The number of thiophene rings is 1. The Bertz CT molecular complexity index is 834. The summed E-state index contributed by atoms with van der Waals surface area (Å²) in [6.45, 7) is 1.95. The van der Waals surface area contributed by atoms with Crippen LogP contribution in [0.4, 0.5) is 0 Å². The van der Waals surface area contributed by atoms with E-state index < -0.39 is 25.8 Å². The average Bonchev–Trinajstić information content (AvgIpc) is 3.10. The van der Waals surface area contributed by atoms with Gasteiger partial charge in [0.15, 0.2) is 9.84 Å². The molecule has 1 aliphatic rings. The molecule has 0 spiro atoms. The maximum atomic E-state index is 12.6. The van der Waals surface area contributed by atoms with Crippen LogP contribution in [0.25, 0.3) is 0 Å². The third kappa shape index (κ3) is 4.94. The maximum Gasteiger partial charge on any atom is 0.252 e. The van der Waals surface area contributed by atoms with Crippen molar-refractivity contribution in [3.63, 3.8) is 0 Å². The molecule has 25 heavy (non-hydrogen) atoms. The Morgan fingerprint density at radius 1 is 1.40 bits per heavy atom. The molecule has 7 nitrogen and oxygen atoms in total. The van der Waals surface area contributed by atoms with Gasteiger partial charge in [-0.05, 0) is 25.0 Å². The molecule has 1 amide bonds. The number of sulfone groups is 1. The van der Waals surface area contributed by atoms with Crippen molar-refractivity contribution < 1.29 is 21.6 Å². The van der Waals surface area contributed by atoms with E-state index in [1.165, 1.54) is 24.1 Å². The standard InChI is InChI=1S/C14H21ClN2O5S3/c1-3-7-17(11-6-8-24(19,20)10-11)13(18)9-16(2)25(21,22)14-5-4-12(15)23-14/h4-5,11H,3,6-10H2,1-2H3. The van der Waals surface area contributed by atoms with Crippen molar-refractivity contribution in [2.24, 2.45) is 0 Å². The van der Waals surface area contributed by atoms with Crippen LogP contribution in [0.1, 0.15) is 19.8 Å². The Kier molecular flexibility index (Phi) is 6.53. The fourth-order valence-electron chi connectivity index (χ4n) is 2.73. The van der Waals surface area contributed by atoms with Crippen LogP contribution >= 0.6 is 22.9 Å². The Balaban J connectivity index is 2.12. The van der Waals surface area contributed by atoms with E-state index >= 15 is 0 Å². The number of hydrogen-bond donors (Lipinski definition) is 0. The number of carbonyl (C=O) groups is 1. The lowest BCUT2D eigenvalue weighted by Gasteiger charge is -2.29. The van der Waals surface area contributed by atoms with Gasteiger partial charge < -0.3 is 4.90 Å². The molecule has 2 rings (SSSR count). The zero-order chi connectivity index (χ0) is 18.8. The van der Waals surface area contributed by atoms with E-state index in [9.17, 15) is 21.6 Å². The van der Waals surface area contributed by atoms with Crippen LogP contribution in [0, 0.1) is 0 Å². The van der Waals surface area contributed by atoms with Crippen molar-refractivity contribution in [1.82, 2.24) is 9.21 Å². The summed E-state index contributed by atoms with van der Waals surface area (Å²) in [5.41, 5.74) is 0. The molecule has 0 aliphatic carbocycles. The molecule has 1 atom stereocenters. The Hall–Kier alpha value is -0.680. The molecule has 1 aromatic rings. The van der Waals surface area contributed by atoms with Crippen LogP contribution in [-0.2, 0) is 24.7 Å². The molecular formula is C14H21ClN2O5S3. The Morgan fingerprint density at radius 2 is 2.08 bits per heavy atom. The summed E-state index contributed by atoms with van der Waals surface area (Å²) in [5.74, 6) is -0.388. The second-order valence-corrected chi connectivity index (χ2v) is 12.2. The fourth-order valence-corrected chi connectivity index (χ4v) is 7.27.